The van der Waals surface area contributed by atoms with Gasteiger partial charge in [0.1, 0.15) is 0 Å². The third-order valence-electron chi connectivity index (χ3n) is 3.35. The third-order valence-corrected chi connectivity index (χ3v) is 3.35. The molecule has 1 aliphatic heterocycles. The number of hydrogen-bond donors (Lipinski definition) is 1. The van der Waals surface area contributed by atoms with E-state index in [9.17, 15) is 4.79 Å². The Hall–Kier alpha value is -1.51. The van der Waals surface area contributed by atoms with Gasteiger partial charge in [0.15, 0.2) is 0 Å². The first-order chi connectivity index (χ1) is 8.00. The monoisotopic (exact) mass is 232 g/mol. The lowest BCUT2D eigenvalue weighted by Gasteiger charge is -2.39. The molecule has 1 heterocycles. The highest BCUT2D eigenvalue weighted by Gasteiger charge is 2.30. The maximum Gasteiger partial charge on any atom is 0.224 e. The van der Waals surface area contributed by atoms with Gasteiger partial charge in [-0.2, -0.15) is 0 Å². The van der Waals surface area contributed by atoms with Crippen LogP contribution in [0, 0.1) is 12.8 Å². The van der Waals surface area contributed by atoms with Crippen LogP contribution in [-0.4, -0.2) is 18.5 Å². The van der Waals surface area contributed by atoms with Gasteiger partial charge < -0.3 is 10.2 Å². The summed E-state index contributed by atoms with van der Waals surface area (Å²) in [5.74, 6) is 0.566. The molecule has 0 spiro atoms. The van der Waals surface area contributed by atoms with Gasteiger partial charge in [-0.05, 0) is 30.5 Å². The molecule has 0 radical (unpaired) electrons. The summed E-state index contributed by atoms with van der Waals surface area (Å²) in [5.41, 5.74) is 3.29. The van der Waals surface area contributed by atoms with Crippen LogP contribution >= 0.6 is 0 Å². The Morgan fingerprint density at radius 2 is 2.18 bits per heavy atom. The van der Waals surface area contributed by atoms with E-state index in [2.05, 4.69) is 38.2 Å². The number of nitrogens with one attached hydrogen (secondary N) is 1. The molecular weight excluding hydrogens is 212 g/mol. The number of carbonyl (C=O) groups is 1. The molecule has 1 amide bonds. The Bertz CT molecular complexity index is 440. The Morgan fingerprint density at radius 1 is 1.47 bits per heavy atom. The molecule has 0 unspecified atom stereocenters. The number of rotatable bonds is 1. The second-order valence-electron chi connectivity index (χ2n) is 5.10. The summed E-state index contributed by atoms with van der Waals surface area (Å²) in [4.78, 5) is 13.8. The zero-order valence-electron chi connectivity index (χ0n) is 10.9. The molecule has 0 saturated carbocycles. The van der Waals surface area contributed by atoms with Crippen molar-refractivity contribution in [1.82, 2.24) is 0 Å². The first-order valence-electron chi connectivity index (χ1n) is 6.15. The summed E-state index contributed by atoms with van der Waals surface area (Å²) in [6.07, 6.45) is 0. The minimum Gasteiger partial charge on any atom is -0.381 e. The van der Waals surface area contributed by atoms with Crippen molar-refractivity contribution in [2.45, 2.75) is 33.7 Å². The fraction of sp³-hybridized carbons (Fsp3) is 0.500. The highest BCUT2D eigenvalue weighted by Crippen LogP contribution is 2.34. The lowest BCUT2D eigenvalue weighted by molar-refractivity contribution is -0.117. The molecule has 1 aliphatic rings. The number of carbonyl (C=O) groups excluding carboxylic acids is 1. The fourth-order valence-electron chi connectivity index (χ4n) is 2.42. The molecule has 2 rings (SSSR count). The normalized spacial score (nSPS) is 18.9. The number of anilines is 2. The standard InChI is InChI=1S/C14H20N2O/c1-9(2)14-8-15-12-7-10(3)5-6-13(12)16(14)11(4)17/h5-7,9,14-15H,8H2,1-4H3/t14-/m1/s1. The number of aryl methyl sites for hydroxylation is 1. The van der Waals surface area contributed by atoms with E-state index < -0.39 is 0 Å². The van der Waals surface area contributed by atoms with Crippen molar-refractivity contribution in [3.05, 3.63) is 23.8 Å². The Balaban J connectivity index is 2.46. The minimum atomic E-state index is 0.121. The first-order valence-corrected chi connectivity index (χ1v) is 6.15. The minimum absolute atomic E-state index is 0.121. The van der Waals surface area contributed by atoms with Crippen molar-refractivity contribution in [1.29, 1.82) is 0 Å². The second-order valence-corrected chi connectivity index (χ2v) is 5.10. The van der Waals surface area contributed by atoms with E-state index in [0.29, 0.717) is 5.92 Å². The van der Waals surface area contributed by atoms with Gasteiger partial charge in [-0.1, -0.05) is 19.9 Å². The smallest absolute Gasteiger partial charge is 0.224 e. The van der Waals surface area contributed by atoms with Gasteiger partial charge in [0.25, 0.3) is 0 Å². The zero-order chi connectivity index (χ0) is 12.6. The number of benzene rings is 1. The van der Waals surface area contributed by atoms with Gasteiger partial charge in [0, 0.05) is 13.5 Å². The molecule has 1 N–H and O–H groups in total. The highest BCUT2D eigenvalue weighted by atomic mass is 16.2. The van der Waals surface area contributed by atoms with Crippen molar-refractivity contribution >= 4 is 17.3 Å². The molecule has 1 atom stereocenters. The van der Waals surface area contributed by atoms with Gasteiger partial charge in [0.05, 0.1) is 17.4 Å². The third kappa shape index (κ3) is 2.14. The van der Waals surface area contributed by atoms with Crippen molar-refractivity contribution < 1.29 is 4.79 Å². The topological polar surface area (TPSA) is 32.3 Å². The van der Waals surface area contributed by atoms with Crippen molar-refractivity contribution in [3.63, 3.8) is 0 Å². The van der Waals surface area contributed by atoms with E-state index in [4.69, 9.17) is 0 Å². The van der Waals surface area contributed by atoms with Crippen LogP contribution in [-0.2, 0) is 4.79 Å². The lowest BCUT2D eigenvalue weighted by atomic mass is 9.98. The molecule has 1 aromatic carbocycles. The van der Waals surface area contributed by atoms with E-state index in [1.54, 1.807) is 6.92 Å². The first kappa shape index (κ1) is 12.0. The Morgan fingerprint density at radius 3 is 2.76 bits per heavy atom. The van der Waals surface area contributed by atoms with Gasteiger partial charge >= 0.3 is 0 Å². The predicted octanol–water partition coefficient (Wildman–Crippen LogP) is 2.80. The molecule has 3 nitrogen and oxygen atoms in total. The summed E-state index contributed by atoms with van der Waals surface area (Å²) in [5, 5.41) is 3.43. The fourth-order valence-corrected chi connectivity index (χ4v) is 2.42. The van der Waals surface area contributed by atoms with Crippen molar-refractivity contribution in [2.75, 3.05) is 16.8 Å². The Labute approximate surface area is 103 Å². The largest absolute Gasteiger partial charge is 0.381 e. The van der Waals surface area contributed by atoms with Crippen LogP contribution in [0.4, 0.5) is 11.4 Å². The van der Waals surface area contributed by atoms with Crippen LogP contribution in [0.1, 0.15) is 26.3 Å². The summed E-state index contributed by atoms with van der Waals surface area (Å²) in [7, 11) is 0. The predicted molar refractivity (Wildman–Crippen MR) is 71.5 cm³/mol. The maximum atomic E-state index is 11.9. The number of amides is 1. The molecule has 0 saturated heterocycles. The molecular formula is C14H20N2O. The van der Waals surface area contributed by atoms with Crippen LogP contribution in [0.3, 0.4) is 0 Å². The molecule has 3 heteroatoms. The van der Waals surface area contributed by atoms with E-state index in [-0.39, 0.29) is 11.9 Å². The SMILES string of the molecule is CC(=O)N1c2ccc(C)cc2NC[C@@H]1C(C)C. The van der Waals surface area contributed by atoms with Crippen LogP contribution in [0.15, 0.2) is 18.2 Å². The van der Waals surface area contributed by atoms with E-state index >= 15 is 0 Å². The van der Waals surface area contributed by atoms with E-state index in [1.165, 1.54) is 5.56 Å². The molecule has 92 valence electrons. The maximum absolute atomic E-state index is 11.9. The van der Waals surface area contributed by atoms with Crippen LogP contribution < -0.4 is 10.2 Å². The number of fused-ring (bicyclic) bond motifs is 1. The average molecular weight is 232 g/mol. The van der Waals surface area contributed by atoms with Crippen LogP contribution in [0.5, 0.6) is 0 Å². The quantitative estimate of drug-likeness (QED) is 0.807. The summed E-state index contributed by atoms with van der Waals surface area (Å²) >= 11 is 0. The van der Waals surface area contributed by atoms with E-state index in [1.807, 2.05) is 11.0 Å². The molecule has 17 heavy (non-hydrogen) atoms. The summed E-state index contributed by atoms with van der Waals surface area (Å²) in [6.45, 7) is 8.84. The Kier molecular flexibility index (Phi) is 3.09. The molecule has 0 aliphatic carbocycles. The molecule has 0 aromatic heterocycles. The molecule has 0 fully saturated rings. The highest BCUT2D eigenvalue weighted by molar-refractivity contribution is 5.97. The van der Waals surface area contributed by atoms with Crippen LogP contribution in [0.2, 0.25) is 0 Å². The van der Waals surface area contributed by atoms with Crippen LogP contribution in [0.25, 0.3) is 0 Å². The molecule has 0 bridgehead atoms. The van der Waals surface area contributed by atoms with Gasteiger partial charge in [-0.3, -0.25) is 4.79 Å². The average Bonchev–Trinajstić information content (AvgIpc) is 2.26. The van der Waals surface area contributed by atoms with Crippen molar-refractivity contribution in [2.24, 2.45) is 5.92 Å². The molecule has 1 aromatic rings. The summed E-state index contributed by atoms with van der Waals surface area (Å²) in [6, 6.07) is 6.43. The second kappa shape index (κ2) is 4.40. The zero-order valence-corrected chi connectivity index (χ0v) is 10.9. The number of hydrogen-bond acceptors (Lipinski definition) is 2. The van der Waals surface area contributed by atoms with E-state index in [0.717, 1.165) is 17.9 Å². The summed E-state index contributed by atoms with van der Waals surface area (Å²) < 4.78 is 0. The van der Waals surface area contributed by atoms with Gasteiger partial charge in [0.2, 0.25) is 5.91 Å². The van der Waals surface area contributed by atoms with Gasteiger partial charge in [-0.15, -0.1) is 0 Å². The van der Waals surface area contributed by atoms with Crippen molar-refractivity contribution in [3.8, 4) is 0 Å². The number of nitrogens with zero attached hydrogens (tertiary/aromatic N) is 1. The van der Waals surface area contributed by atoms with Gasteiger partial charge in [-0.25, -0.2) is 0 Å². The lowest BCUT2D eigenvalue weighted by Crippen LogP contribution is -2.49.